The van der Waals surface area contributed by atoms with E-state index in [9.17, 15) is 10.2 Å². The zero-order valence-corrected chi connectivity index (χ0v) is 10.8. The maximum atomic E-state index is 9.87. The smallest absolute Gasteiger partial charge is 0.241 e. The van der Waals surface area contributed by atoms with Crippen LogP contribution in [0, 0.1) is 0 Å². The molecule has 0 aromatic heterocycles. The highest BCUT2D eigenvalue weighted by Gasteiger charge is 2.57. The molecule has 0 bridgehead atoms. The summed E-state index contributed by atoms with van der Waals surface area (Å²) >= 11 is 16.8. The number of alkyl halides is 3. The second-order valence-electron chi connectivity index (χ2n) is 3.87. The first kappa shape index (κ1) is 14.0. The molecule has 100 valence electrons. The largest absolute Gasteiger partial charge is 0.389 e. The van der Waals surface area contributed by atoms with E-state index in [4.69, 9.17) is 54.7 Å². The maximum Gasteiger partial charge on any atom is 0.241 e. The predicted molar refractivity (Wildman–Crippen MR) is 59.8 cm³/mol. The number of hydrogen-bond donors (Lipinski definition) is 3. The van der Waals surface area contributed by atoms with E-state index in [1.54, 1.807) is 0 Å². The third-order valence-corrected chi connectivity index (χ3v) is 3.19. The van der Waals surface area contributed by atoms with Gasteiger partial charge in [-0.2, -0.15) is 0 Å². The molecule has 6 atom stereocenters. The number of halogens is 3. The van der Waals surface area contributed by atoms with E-state index in [-0.39, 0.29) is 6.54 Å². The SMILES string of the molecule is NC[C@@H](O)[C@H]1O[C@@H]2O[C@@H](C(Cl)(Cl)Cl)O[C@@H]2[C@H]1O. The molecule has 0 aliphatic carbocycles. The molecule has 0 spiro atoms. The second kappa shape index (κ2) is 4.96. The van der Waals surface area contributed by atoms with Crippen molar-refractivity contribution in [1.29, 1.82) is 0 Å². The lowest BCUT2D eigenvalue weighted by atomic mass is 10.1. The first-order valence-electron chi connectivity index (χ1n) is 4.94. The molecule has 2 rings (SSSR count). The lowest BCUT2D eigenvalue weighted by Crippen LogP contribution is -2.43. The summed E-state index contributed by atoms with van der Waals surface area (Å²) in [5, 5.41) is 19.4. The van der Waals surface area contributed by atoms with Crippen molar-refractivity contribution in [1.82, 2.24) is 0 Å². The fourth-order valence-corrected chi connectivity index (χ4v) is 2.13. The molecular formula is C8H12Cl3NO5. The summed E-state index contributed by atoms with van der Waals surface area (Å²) in [5.41, 5.74) is 5.27. The Morgan fingerprint density at radius 1 is 1.24 bits per heavy atom. The molecule has 17 heavy (non-hydrogen) atoms. The third-order valence-electron chi connectivity index (χ3n) is 2.66. The Hall–Kier alpha value is 0.630. The molecular weight excluding hydrogens is 296 g/mol. The molecule has 0 unspecified atom stereocenters. The van der Waals surface area contributed by atoms with Gasteiger partial charge in [-0.3, -0.25) is 0 Å². The average molecular weight is 309 g/mol. The minimum atomic E-state index is -1.77. The minimum absolute atomic E-state index is 0.0466. The van der Waals surface area contributed by atoms with Crippen molar-refractivity contribution < 1.29 is 24.4 Å². The number of nitrogens with two attached hydrogens (primary N) is 1. The van der Waals surface area contributed by atoms with Gasteiger partial charge in [0.15, 0.2) is 6.29 Å². The first-order valence-corrected chi connectivity index (χ1v) is 6.07. The third kappa shape index (κ3) is 2.65. The number of rotatable bonds is 2. The molecule has 9 heteroatoms. The Morgan fingerprint density at radius 3 is 2.35 bits per heavy atom. The predicted octanol–water partition coefficient (Wildman–Crippen LogP) is -0.497. The molecule has 0 amide bonds. The Balaban J connectivity index is 2.01. The van der Waals surface area contributed by atoms with Crippen molar-refractivity contribution in [3.63, 3.8) is 0 Å². The lowest BCUT2D eigenvalue weighted by molar-refractivity contribution is -0.183. The molecule has 4 N–H and O–H groups in total. The number of ether oxygens (including phenoxy) is 3. The van der Waals surface area contributed by atoms with Gasteiger partial charge in [-0.15, -0.1) is 0 Å². The van der Waals surface area contributed by atoms with Crippen LogP contribution >= 0.6 is 34.8 Å². The van der Waals surface area contributed by atoms with Crippen molar-refractivity contribution >= 4 is 34.8 Å². The summed E-state index contributed by atoms with van der Waals surface area (Å²) in [6, 6.07) is 0. The molecule has 6 nitrogen and oxygen atoms in total. The number of aliphatic hydroxyl groups is 2. The quantitative estimate of drug-likeness (QED) is 0.596. The van der Waals surface area contributed by atoms with Gasteiger partial charge in [-0.25, -0.2) is 0 Å². The van der Waals surface area contributed by atoms with Crippen molar-refractivity contribution in [2.24, 2.45) is 5.73 Å². The Kier molecular flexibility index (Phi) is 4.10. The van der Waals surface area contributed by atoms with Gasteiger partial charge < -0.3 is 30.2 Å². The normalized spacial score (nSPS) is 43.8. The molecule has 2 aliphatic rings. The zero-order valence-electron chi connectivity index (χ0n) is 8.50. The van der Waals surface area contributed by atoms with Crippen LogP contribution in [0.2, 0.25) is 0 Å². The van der Waals surface area contributed by atoms with Crippen LogP contribution in [-0.2, 0) is 14.2 Å². The van der Waals surface area contributed by atoms with Gasteiger partial charge in [-0.05, 0) is 0 Å². The van der Waals surface area contributed by atoms with E-state index in [2.05, 4.69) is 0 Å². The molecule has 0 aromatic rings. The lowest BCUT2D eigenvalue weighted by Gasteiger charge is -2.24. The van der Waals surface area contributed by atoms with E-state index in [1.165, 1.54) is 0 Å². The monoisotopic (exact) mass is 307 g/mol. The number of fused-ring (bicyclic) bond motifs is 1. The Labute approximate surface area is 112 Å². The summed E-state index contributed by atoms with van der Waals surface area (Å²) in [7, 11) is 0. The molecule has 2 heterocycles. The van der Waals surface area contributed by atoms with Crippen molar-refractivity contribution in [2.45, 2.75) is 40.8 Å². The van der Waals surface area contributed by atoms with Crippen molar-refractivity contribution in [2.75, 3.05) is 6.54 Å². The number of aliphatic hydroxyl groups excluding tert-OH is 2. The van der Waals surface area contributed by atoms with Crippen LogP contribution in [0.15, 0.2) is 0 Å². The highest BCUT2D eigenvalue weighted by Crippen LogP contribution is 2.42. The summed E-state index contributed by atoms with van der Waals surface area (Å²) in [6.45, 7) is -0.0466. The molecule has 2 fully saturated rings. The average Bonchev–Trinajstić information content (AvgIpc) is 2.77. The molecule has 0 saturated carbocycles. The van der Waals surface area contributed by atoms with Crippen molar-refractivity contribution in [3.8, 4) is 0 Å². The second-order valence-corrected chi connectivity index (χ2v) is 6.24. The van der Waals surface area contributed by atoms with Crippen LogP contribution in [0.3, 0.4) is 0 Å². The molecule has 2 saturated heterocycles. The maximum absolute atomic E-state index is 9.87. The Bertz CT molecular complexity index is 289. The van der Waals surface area contributed by atoms with E-state index < -0.39 is 40.8 Å². The summed E-state index contributed by atoms with van der Waals surface area (Å²) in [5.74, 6) is 0. The Morgan fingerprint density at radius 2 is 1.88 bits per heavy atom. The van der Waals surface area contributed by atoms with Crippen LogP contribution in [0.5, 0.6) is 0 Å². The van der Waals surface area contributed by atoms with Gasteiger partial charge in [0.05, 0.1) is 6.10 Å². The van der Waals surface area contributed by atoms with Gasteiger partial charge in [-0.1, -0.05) is 34.8 Å². The highest BCUT2D eigenvalue weighted by molar-refractivity contribution is 6.67. The van der Waals surface area contributed by atoms with Gasteiger partial charge in [0.1, 0.15) is 18.3 Å². The van der Waals surface area contributed by atoms with Crippen LogP contribution in [-0.4, -0.2) is 57.5 Å². The van der Waals surface area contributed by atoms with Crippen molar-refractivity contribution in [3.05, 3.63) is 0 Å². The fourth-order valence-electron chi connectivity index (χ4n) is 1.82. The van der Waals surface area contributed by atoms with Gasteiger partial charge in [0, 0.05) is 6.54 Å². The van der Waals surface area contributed by atoms with Gasteiger partial charge in [0.2, 0.25) is 10.1 Å². The van der Waals surface area contributed by atoms with E-state index >= 15 is 0 Å². The van der Waals surface area contributed by atoms with E-state index in [0.29, 0.717) is 0 Å². The van der Waals surface area contributed by atoms with Crippen LogP contribution in [0.1, 0.15) is 0 Å². The van der Waals surface area contributed by atoms with Crippen LogP contribution < -0.4 is 5.73 Å². The van der Waals surface area contributed by atoms with Crippen LogP contribution in [0.4, 0.5) is 0 Å². The molecule has 2 aliphatic heterocycles. The number of hydrogen-bond acceptors (Lipinski definition) is 6. The summed E-state index contributed by atoms with van der Waals surface area (Å²) < 4.78 is 13.9. The standard InChI is InChI=1S/C8H12Cl3NO5/c9-8(10,11)7-16-5-3(14)4(2(13)1-12)15-6(5)17-7/h2-7,13-14H,1,12H2/t2-,3+,4-,5-,6-,7+/m1/s1. The van der Waals surface area contributed by atoms with Crippen LogP contribution in [0.25, 0.3) is 0 Å². The van der Waals surface area contributed by atoms with Gasteiger partial charge >= 0.3 is 0 Å². The minimum Gasteiger partial charge on any atom is -0.389 e. The zero-order chi connectivity index (χ0) is 12.8. The van der Waals surface area contributed by atoms with Gasteiger partial charge in [0.25, 0.3) is 0 Å². The van der Waals surface area contributed by atoms with E-state index in [0.717, 1.165) is 0 Å². The first-order chi connectivity index (χ1) is 7.84. The van der Waals surface area contributed by atoms with E-state index in [1.807, 2.05) is 0 Å². The molecule has 0 aromatic carbocycles. The summed E-state index contributed by atoms with van der Waals surface area (Å²) in [4.78, 5) is 0. The molecule has 0 radical (unpaired) electrons. The fraction of sp³-hybridized carbons (Fsp3) is 1.00. The summed E-state index contributed by atoms with van der Waals surface area (Å²) in [6.07, 6.45) is -5.76. The topological polar surface area (TPSA) is 94.2 Å². The highest BCUT2D eigenvalue weighted by atomic mass is 35.6.